The van der Waals surface area contributed by atoms with Crippen LogP contribution in [-0.4, -0.2) is 66.0 Å². The van der Waals surface area contributed by atoms with Crippen molar-refractivity contribution in [2.45, 2.75) is 37.1 Å². The van der Waals surface area contributed by atoms with Gasteiger partial charge in [-0.3, -0.25) is 9.59 Å². The van der Waals surface area contributed by atoms with Gasteiger partial charge >= 0.3 is 5.97 Å². The molecule has 1 aliphatic carbocycles. The van der Waals surface area contributed by atoms with E-state index < -0.39 is 72.0 Å². The lowest BCUT2D eigenvalue weighted by molar-refractivity contribution is -0.181. The second-order valence-electron chi connectivity index (χ2n) is 6.20. The van der Waals surface area contributed by atoms with Crippen LogP contribution in [0.5, 0.6) is 11.5 Å². The molecule has 6 N–H and O–H groups in total. The van der Waals surface area contributed by atoms with Crippen molar-refractivity contribution in [1.29, 1.82) is 0 Å². The third-order valence-electron chi connectivity index (χ3n) is 4.33. The number of aromatic hydroxyl groups is 2. The van der Waals surface area contributed by atoms with Crippen molar-refractivity contribution in [2.75, 3.05) is 0 Å². The minimum atomic E-state index is -2.42. The molecule has 1 aromatic carbocycles. The fourth-order valence-electron chi connectivity index (χ4n) is 2.88. The van der Waals surface area contributed by atoms with Gasteiger partial charge in [0, 0.05) is 12.8 Å². The number of ketones is 2. The van der Waals surface area contributed by atoms with Crippen LogP contribution in [0.3, 0.4) is 0 Å². The molecule has 0 spiro atoms. The summed E-state index contributed by atoms with van der Waals surface area (Å²) >= 11 is 0. The van der Waals surface area contributed by atoms with E-state index in [2.05, 4.69) is 0 Å². The van der Waals surface area contributed by atoms with E-state index in [1.54, 1.807) is 0 Å². The highest BCUT2D eigenvalue weighted by Crippen LogP contribution is 2.34. The summed E-state index contributed by atoms with van der Waals surface area (Å²) in [6, 6.07) is 3.52. The number of aliphatic hydroxyl groups is 3. The van der Waals surface area contributed by atoms with Crippen molar-refractivity contribution < 1.29 is 45.0 Å². The quantitative estimate of drug-likeness (QED) is 0.278. The van der Waals surface area contributed by atoms with Gasteiger partial charge in [-0.05, 0) is 24.1 Å². The van der Waals surface area contributed by atoms with Crippen LogP contribution in [-0.2, 0) is 20.8 Å². The summed E-state index contributed by atoms with van der Waals surface area (Å²) in [5, 5.41) is 57.3. The molecule has 25 heavy (non-hydrogen) atoms. The monoisotopic (exact) mass is 354 g/mol. The van der Waals surface area contributed by atoms with Crippen molar-refractivity contribution in [1.82, 2.24) is 0 Å². The Labute approximate surface area is 141 Å². The maximum absolute atomic E-state index is 12.3. The molecule has 2 rings (SSSR count). The van der Waals surface area contributed by atoms with Crippen molar-refractivity contribution in [3.05, 3.63) is 23.8 Å². The summed E-state index contributed by atoms with van der Waals surface area (Å²) in [7, 11) is 0. The van der Waals surface area contributed by atoms with Crippen molar-refractivity contribution >= 4 is 17.5 Å². The average molecular weight is 354 g/mol. The van der Waals surface area contributed by atoms with Gasteiger partial charge in [-0.1, -0.05) is 6.07 Å². The first kappa shape index (κ1) is 18.8. The lowest BCUT2D eigenvalue weighted by Gasteiger charge is -2.38. The van der Waals surface area contributed by atoms with E-state index in [0.717, 1.165) is 12.1 Å². The number of aliphatic carboxylic acids is 1. The smallest absolute Gasteiger partial charge is 0.335 e. The number of benzene rings is 1. The molecule has 136 valence electrons. The topological polar surface area (TPSA) is 173 Å². The van der Waals surface area contributed by atoms with E-state index in [-0.39, 0.29) is 5.56 Å². The van der Waals surface area contributed by atoms with E-state index >= 15 is 0 Å². The molecule has 0 bridgehead atoms. The van der Waals surface area contributed by atoms with E-state index in [0.29, 0.717) is 0 Å². The molecule has 0 radical (unpaired) electrons. The Morgan fingerprint density at radius 3 is 2.28 bits per heavy atom. The van der Waals surface area contributed by atoms with Gasteiger partial charge < -0.3 is 30.6 Å². The fourth-order valence-corrected chi connectivity index (χ4v) is 2.88. The molecule has 0 heterocycles. The van der Waals surface area contributed by atoms with Crippen LogP contribution >= 0.6 is 0 Å². The molecule has 9 nitrogen and oxygen atoms in total. The van der Waals surface area contributed by atoms with Gasteiger partial charge in [0.05, 0.1) is 18.1 Å². The normalized spacial score (nSPS) is 29.2. The molecule has 1 aromatic rings. The third-order valence-corrected chi connectivity index (χ3v) is 4.33. The van der Waals surface area contributed by atoms with E-state index in [1.807, 2.05) is 0 Å². The number of aliphatic hydroxyl groups excluding tert-OH is 2. The summed E-state index contributed by atoms with van der Waals surface area (Å²) in [4.78, 5) is 35.5. The van der Waals surface area contributed by atoms with Crippen LogP contribution < -0.4 is 0 Å². The van der Waals surface area contributed by atoms with Gasteiger partial charge in [0.2, 0.25) is 11.6 Å². The number of phenolic OH excluding ortho intramolecular Hbond substituents is 2. The van der Waals surface area contributed by atoms with E-state index in [4.69, 9.17) is 5.11 Å². The van der Waals surface area contributed by atoms with Gasteiger partial charge in [-0.25, -0.2) is 4.79 Å². The molecular formula is C16H18O9. The number of carboxylic acids is 1. The molecule has 1 aliphatic rings. The first-order valence-electron chi connectivity index (χ1n) is 7.45. The molecule has 1 fully saturated rings. The number of hydrogen-bond donors (Lipinski definition) is 6. The molecule has 0 aromatic heterocycles. The van der Waals surface area contributed by atoms with Crippen molar-refractivity contribution in [2.24, 2.45) is 5.92 Å². The minimum Gasteiger partial charge on any atom is -0.504 e. The van der Waals surface area contributed by atoms with Crippen LogP contribution in [0.1, 0.15) is 18.4 Å². The van der Waals surface area contributed by atoms with Crippen LogP contribution in [0.4, 0.5) is 0 Å². The Morgan fingerprint density at radius 2 is 1.72 bits per heavy atom. The summed E-state index contributed by atoms with van der Waals surface area (Å²) in [5.74, 6) is -6.23. The Bertz CT molecular complexity index is 714. The first-order chi connectivity index (χ1) is 11.5. The minimum absolute atomic E-state index is 0.216. The Kier molecular flexibility index (Phi) is 5.12. The maximum Gasteiger partial charge on any atom is 0.335 e. The van der Waals surface area contributed by atoms with Crippen LogP contribution in [0.15, 0.2) is 18.2 Å². The largest absolute Gasteiger partial charge is 0.504 e. The summed E-state index contributed by atoms with van der Waals surface area (Å²) in [6.45, 7) is 0. The van der Waals surface area contributed by atoms with Crippen LogP contribution in [0.25, 0.3) is 0 Å². The molecule has 0 saturated heterocycles. The number of hydrogen-bond acceptors (Lipinski definition) is 8. The molecule has 0 aliphatic heterocycles. The molecular weight excluding hydrogens is 336 g/mol. The predicted molar refractivity (Wildman–Crippen MR) is 80.8 cm³/mol. The lowest BCUT2D eigenvalue weighted by atomic mass is 9.72. The van der Waals surface area contributed by atoms with Gasteiger partial charge in [0.15, 0.2) is 17.1 Å². The lowest BCUT2D eigenvalue weighted by Crippen LogP contribution is -2.56. The molecule has 4 unspecified atom stereocenters. The molecule has 1 saturated carbocycles. The number of phenols is 2. The Morgan fingerprint density at radius 1 is 1.08 bits per heavy atom. The summed E-state index contributed by atoms with van der Waals surface area (Å²) < 4.78 is 0. The number of Topliss-reactive ketones (excluding diaryl/α,β-unsaturated/α-hetero) is 2. The Hall–Kier alpha value is -2.49. The summed E-state index contributed by atoms with van der Waals surface area (Å²) in [6.07, 6.45) is -5.17. The zero-order valence-electron chi connectivity index (χ0n) is 13.0. The zero-order chi connectivity index (χ0) is 18.9. The molecule has 9 heteroatoms. The number of carbonyl (C=O) groups excluding carboxylic acids is 2. The second kappa shape index (κ2) is 6.79. The van der Waals surface area contributed by atoms with Crippen LogP contribution in [0.2, 0.25) is 0 Å². The molecule has 0 amide bonds. The molecule has 4 atom stereocenters. The number of carbonyl (C=O) groups is 3. The first-order valence-corrected chi connectivity index (χ1v) is 7.45. The van der Waals surface area contributed by atoms with E-state index in [1.165, 1.54) is 6.07 Å². The summed E-state index contributed by atoms with van der Waals surface area (Å²) in [5.41, 5.74) is -2.20. The van der Waals surface area contributed by atoms with Gasteiger partial charge in [0.25, 0.3) is 0 Å². The fraction of sp³-hybridized carbons (Fsp3) is 0.438. The van der Waals surface area contributed by atoms with Gasteiger partial charge in [0.1, 0.15) is 0 Å². The maximum atomic E-state index is 12.3. The average Bonchev–Trinajstić information content (AvgIpc) is 2.53. The number of rotatable bonds is 5. The predicted octanol–water partition coefficient (Wildman–Crippen LogP) is -1.27. The zero-order valence-corrected chi connectivity index (χ0v) is 13.0. The van der Waals surface area contributed by atoms with Crippen molar-refractivity contribution in [3.8, 4) is 11.5 Å². The highest BCUT2D eigenvalue weighted by atomic mass is 16.4. The number of carboxylic acid groups (broad SMARTS) is 1. The highest BCUT2D eigenvalue weighted by Gasteiger charge is 2.51. The van der Waals surface area contributed by atoms with Crippen LogP contribution in [0, 0.1) is 5.92 Å². The highest BCUT2D eigenvalue weighted by molar-refractivity contribution is 6.38. The van der Waals surface area contributed by atoms with Gasteiger partial charge in [-0.15, -0.1) is 0 Å². The third kappa shape index (κ3) is 3.78. The standard InChI is InChI=1S/C16H18O9/c17-9-2-1-7(3-10(9)18)4-11(19)13(21)8-5-16(25,15(23)24)6-12(20)14(8)22/h1-3,8,12,14,17-18,20,22,25H,4-6H2,(H,23,24). The second-order valence-corrected chi connectivity index (χ2v) is 6.20. The van der Waals surface area contributed by atoms with E-state index in [9.17, 15) is 39.9 Å². The van der Waals surface area contributed by atoms with Crippen molar-refractivity contribution in [3.63, 3.8) is 0 Å². The Balaban J connectivity index is 2.17. The SMILES string of the molecule is O=C(Cc1ccc(O)c(O)c1)C(=O)C1CC(O)(C(=O)O)CC(O)C1O. The van der Waals surface area contributed by atoms with Gasteiger partial charge in [-0.2, -0.15) is 0 Å².